The Labute approximate surface area is 207 Å². The summed E-state index contributed by atoms with van der Waals surface area (Å²) in [6.45, 7) is 3.40. The summed E-state index contributed by atoms with van der Waals surface area (Å²) in [6.07, 6.45) is 2.90. The lowest BCUT2D eigenvalue weighted by atomic mass is 10.0. The first-order valence-corrected chi connectivity index (χ1v) is 11.6. The van der Waals surface area contributed by atoms with Crippen molar-refractivity contribution in [2.45, 2.75) is 0 Å². The van der Waals surface area contributed by atoms with Gasteiger partial charge in [-0.3, -0.25) is 9.59 Å². The molecule has 0 bridgehead atoms. The highest BCUT2D eigenvalue weighted by molar-refractivity contribution is 6.07. The van der Waals surface area contributed by atoms with Crippen molar-refractivity contribution in [3.8, 4) is 11.5 Å². The highest BCUT2D eigenvalue weighted by atomic mass is 16.5. The Bertz CT molecular complexity index is 1410. The molecule has 4 aromatic rings. The molecule has 1 aliphatic rings. The molecule has 0 radical (unpaired) electrons. The summed E-state index contributed by atoms with van der Waals surface area (Å²) in [6, 6.07) is 14.8. The second-order valence-corrected chi connectivity index (χ2v) is 8.51. The van der Waals surface area contributed by atoms with Gasteiger partial charge in [-0.25, -0.2) is 4.98 Å². The molecule has 0 aliphatic carbocycles. The van der Waals surface area contributed by atoms with Gasteiger partial charge in [0.1, 0.15) is 23.6 Å². The van der Waals surface area contributed by atoms with Crippen molar-refractivity contribution in [3.05, 3.63) is 72.2 Å². The van der Waals surface area contributed by atoms with Gasteiger partial charge in [-0.1, -0.05) is 12.1 Å². The van der Waals surface area contributed by atoms with Crippen LogP contribution in [0.4, 0.5) is 11.8 Å². The molecule has 0 saturated carbocycles. The van der Waals surface area contributed by atoms with Crippen molar-refractivity contribution >= 4 is 34.4 Å². The standard InChI is InChI=1S/C26H26N6O4/c1-27-24(33)21-5-3-4-17-14-18(6-7-20(17)21)36-19-8-9-28-23(15-19)30-25(34)22-16-35-26(29-22)32-12-10-31(2)11-13-32/h3-9,14-16H,10-13H2,1-2H3,(H,27,33)(H,28,30,34). The minimum absolute atomic E-state index is 0.147. The SMILES string of the molecule is CNC(=O)c1cccc2cc(Oc3ccnc(NC(=O)c4coc(N5CCN(C)CC5)n4)c3)ccc12. The Hall–Kier alpha value is -4.44. The number of hydrogen-bond donors (Lipinski definition) is 2. The van der Waals surface area contributed by atoms with Crippen LogP contribution in [0.5, 0.6) is 11.5 Å². The van der Waals surface area contributed by atoms with Crippen LogP contribution in [0.3, 0.4) is 0 Å². The van der Waals surface area contributed by atoms with Crippen molar-refractivity contribution in [1.82, 2.24) is 20.2 Å². The number of likely N-dealkylation sites (N-methyl/N-ethyl adjacent to an activating group) is 1. The van der Waals surface area contributed by atoms with Gasteiger partial charge in [0.25, 0.3) is 17.8 Å². The summed E-state index contributed by atoms with van der Waals surface area (Å²) in [5, 5.41) is 7.10. The fraction of sp³-hybridized carbons (Fsp3) is 0.231. The van der Waals surface area contributed by atoms with Crippen LogP contribution in [0.15, 0.2) is 65.4 Å². The summed E-state index contributed by atoms with van der Waals surface area (Å²) in [5.74, 6) is 0.848. The second-order valence-electron chi connectivity index (χ2n) is 8.51. The summed E-state index contributed by atoms with van der Waals surface area (Å²) >= 11 is 0. The van der Waals surface area contributed by atoms with Crippen molar-refractivity contribution in [3.63, 3.8) is 0 Å². The molecule has 2 aromatic heterocycles. The molecule has 1 saturated heterocycles. The number of rotatable bonds is 6. The summed E-state index contributed by atoms with van der Waals surface area (Å²) in [7, 11) is 3.67. The van der Waals surface area contributed by atoms with Gasteiger partial charge >= 0.3 is 0 Å². The first-order chi connectivity index (χ1) is 17.5. The molecule has 36 heavy (non-hydrogen) atoms. The fourth-order valence-electron chi connectivity index (χ4n) is 4.03. The van der Waals surface area contributed by atoms with Crippen LogP contribution in [0, 0.1) is 0 Å². The van der Waals surface area contributed by atoms with E-state index >= 15 is 0 Å². The lowest BCUT2D eigenvalue weighted by Gasteiger charge is -2.31. The van der Waals surface area contributed by atoms with Gasteiger partial charge in [-0.15, -0.1) is 0 Å². The average molecular weight is 487 g/mol. The molecule has 10 heteroatoms. The Kier molecular flexibility index (Phi) is 6.50. The number of fused-ring (bicyclic) bond motifs is 1. The largest absolute Gasteiger partial charge is 0.457 e. The van der Waals surface area contributed by atoms with Crippen LogP contribution in [0.25, 0.3) is 10.8 Å². The second kappa shape index (κ2) is 10.0. The van der Waals surface area contributed by atoms with Gasteiger partial charge < -0.3 is 29.6 Å². The van der Waals surface area contributed by atoms with Crippen LogP contribution in [0.2, 0.25) is 0 Å². The number of pyridine rings is 1. The molecule has 1 fully saturated rings. The number of ether oxygens (including phenoxy) is 1. The van der Waals surface area contributed by atoms with Gasteiger partial charge in [-0.05, 0) is 48.2 Å². The van der Waals surface area contributed by atoms with E-state index in [1.54, 1.807) is 37.5 Å². The first kappa shape index (κ1) is 23.3. The molecule has 2 amide bonds. The molecule has 0 atom stereocenters. The summed E-state index contributed by atoms with van der Waals surface area (Å²) < 4.78 is 11.5. The van der Waals surface area contributed by atoms with Crippen LogP contribution < -0.4 is 20.3 Å². The predicted molar refractivity (Wildman–Crippen MR) is 136 cm³/mol. The lowest BCUT2D eigenvalue weighted by Crippen LogP contribution is -2.44. The van der Waals surface area contributed by atoms with E-state index in [-0.39, 0.29) is 11.6 Å². The van der Waals surface area contributed by atoms with Crippen molar-refractivity contribution < 1.29 is 18.7 Å². The van der Waals surface area contributed by atoms with E-state index < -0.39 is 5.91 Å². The fourth-order valence-corrected chi connectivity index (χ4v) is 4.03. The number of nitrogens with zero attached hydrogens (tertiary/aromatic N) is 4. The number of carbonyl (C=O) groups is 2. The van der Waals surface area contributed by atoms with E-state index in [0.717, 1.165) is 37.0 Å². The maximum absolute atomic E-state index is 12.7. The zero-order valence-electron chi connectivity index (χ0n) is 20.0. The highest BCUT2D eigenvalue weighted by Gasteiger charge is 2.21. The number of carbonyl (C=O) groups excluding carboxylic acids is 2. The Morgan fingerprint density at radius 3 is 2.61 bits per heavy atom. The number of oxazole rings is 1. The van der Waals surface area contributed by atoms with Gasteiger partial charge in [0.2, 0.25) is 0 Å². The molecular weight excluding hydrogens is 460 g/mol. The van der Waals surface area contributed by atoms with Crippen LogP contribution >= 0.6 is 0 Å². The lowest BCUT2D eigenvalue weighted by molar-refractivity contribution is 0.0963. The summed E-state index contributed by atoms with van der Waals surface area (Å²) in [5.41, 5.74) is 0.776. The molecule has 0 unspecified atom stereocenters. The van der Waals surface area contributed by atoms with Gasteiger partial charge in [0, 0.05) is 51.1 Å². The van der Waals surface area contributed by atoms with E-state index in [9.17, 15) is 9.59 Å². The molecule has 2 N–H and O–H groups in total. The van der Waals surface area contributed by atoms with Gasteiger partial charge in [0.15, 0.2) is 5.69 Å². The molecular formula is C26H26N6O4. The topological polar surface area (TPSA) is 113 Å². The molecule has 3 heterocycles. The normalized spacial score (nSPS) is 14.0. The van der Waals surface area contributed by atoms with Crippen LogP contribution in [-0.2, 0) is 0 Å². The molecule has 184 valence electrons. The minimum Gasteiger partial charge on any atom is -0.457 e. The molecule has 2 aromatic carbocycles. The first-order valence-electron chi connectivity index (χ1n) is 11.6. The number of hydrogen-bond acceptors (Lipinski definition) is 8. The molecule has 0 spiro atoms. The maximum Gasteiger partial charge on any atom is 0.298 e. The third kappa shape index (κ3) is 4.98. The van der Waals surface area contributed by atoms with E-state index in [1.165, 1.54) is 6.26 Å². The maximum atomic E-state index is 12.7. The Morgan fingerprint density at radius 1 is 1.00 bits per heavy atom. The molecule has 5 rings (SSSR count). The highest BCUT2D eigenvalue weighted by Crippen LogP contribution is 2.28. The smallest absolute Gasteiger partial charge is 0.298 e. The number of aromatic nitrogens is 2. The number of benzene rings is 2. The van der Waals surface area contributed by atoms with Gasteiger partial charge in [-0.2, -0.15) is 4.98 Å². The Morgan fingerprint density at radius 2 is 1.81 bits per heavy atom. The van der Waals surface area contributed by atoms with Gasteiger partial charge in [0.05, 0.1) is 0 Å². The van der Waals surface area contributed by atoms with E-state index in [2.05, 4.69) is 32.5 Å². The van der Waals surface area contributed by atoms with Crippen molar-refractivity contribution in [2.24, 2.45) is 0 Å². The molecule has 10 nitrogen and oxygen atoms in total. The number of amides is 2. The zero-order valence-corrected chi connectivity index (χ0v) is 20.0. The third-order valence-electron chi connectivity index (χ3n) is 6.03. The van der Waals surface area contributed by atoms with Crippen molar-refractivity contribution in [1.29, 1.82) is 0 Å². The van der Waals surface area contributed by atoms with E-state index in [4.69, 9.17) is 9.15 Å². The number of nitrogens with one attached hydrogen (secondary N) is 2. The van der Waals surface area contributed by atoms with Crippen LogP contribution in [-0.4, -0.2) is 67.0 Å². The van der Waals surface area contributed by atoms with Crippen LogP contribution in [0.1, 0.15) is 20.8 Å². The van der Waals surface area contributed by atoms with E-state index in [0.29, 0.717) is 28.9 Å². The Balaban J connectivity index is 1.27. The quantitative estimate of drug-likeness (QED) is 0.427. The van der Waals surface area contributed by atoms with E-state index in [1.807, 2.05) is 29.2 Å². The predicted octanol–water partition coefficient (Wildman–Crippen LogP) is 3.38. The monoisotopic (exact) mass is 486 g/mol. The zero-order chi connectivity index (χ0) is 25.1. The average Bonchev–Trinajstić information content (AvgIpc) is 3.39. The summed E-state index contributed by atoms with van der Waals surface area (Å²) in [4.78, 5) is 37.6. The minimum atomic E-state index is -0.420. The molecule has 1 aliphatic heterocycles. The third-order valence-corrected chi connectivity index (χ3v) is 6.03. The number of piperazine rings is 1. The number of anilines is 2. The van der Waals surface area contributed by atoms with Crippen molar-refractivity contribution in [2.75, 3.05) is 50.5 Å².